The zero-order valence-corrected chi connectivity index (χ0v) is 18.1. The molecular formula is C24H25FN6O. The van der Waals surface area contributed by atoms with Crippen molar-refractivity contribution in [3.05, 3.63) is 47.9 Å². The third kappa shape index (κ3) is 2.59. The minimum absolute atomic E-state index is 0.0264. The summed E-state index contributed by atoms with van der Waals surface area (Å²) in [5.41, 5.74) is 9.20. The second kappa shape index (κ2) is 6.87. The van der Waals surface area contributed by atoms with Gasteiger partial charge in [-0.1, -0.05) is 0 Å². The number of amides is 1. The van der Waals surface area contributed by atoms with Crippen molar-refractivity contribution in [2.45, 2.75) is 38.4 Å². The van der Waals surface area contributed by atoms with Crippen LogP contribution in [-0.4, -0.2) is 48.5 Å². The summed E-state index contributed by atoms with van der Waals surface area (Å²) in [5, 5.41) is 1.01. The van der Waals surface area contributed by atoms with Crippen LogP contribution in [0.5, 0.6) is 0 Å². The lowest BCUT2D eigenvalue weighted by Crippen LogP contribution is -2.41. The third-order valence-corrected chi connectivity index (χ3v) is 7.28. The fourth-order valence-corrected chi connectivity index (χ4v) is 5.69. The number of benzene rings is 1. The van der Waals surface area contributed by atoms with Gasteiger partial charge in [0.2, 0.25) is 0 Å². The second-order valence-electron chi connectivity index (χ2n) is 8.95. The first-order chi connectivity index (χ1) is 15.5. The van der Waals surface area contributed by atoms with Crippen LogP contribution in [0.15, 0.2) is 36.5 Å². The van der Waals surface area contributed by atoms with Crippen molar-refractivity contribution in [3.8, 4) is 11.5 Å². The van der Waals surface area contributed by atoms with Gasteiger partial charge in [0.15, 0.2) is 5.82 Å². The number of rotatable bonds is 3. The van der Waals surface area contributed by atoms with Gasteiger partial charge >= 0.3 is 0 Å². The topological polar surface area (TPSA) is 82.0 Å². The van der Waals surface area contributed by atoms with Gasteiger partial charge in [-0.2, -0.15) is 0 Å². The molecule has 3 atom stereocenters. The molecule has 2 bridgehead atoms. The minimum atomic E-state index is -0.446. The Kier molecular flexibility index (Phi) is 4.17. The number of aryl methyl sites for hydroxylation is 2. The summed E-state index contributed by atoms with van der Waals surface area (Å²) in [6.45, 7) is 3.41. The Bertz CT molecular complexity index is 1390. The van der Waals surface area contributed by atoms with Crippen molar-refractivity contribution < 1.29 is 9.18 Å². The molecule has 1 aliphatic heterocycles. The van der Waals surface area contributed by atoms with Crippen molar-refractivity contribution in [3.63, 3.8) is 0 Å². The normalized spacial score (nSPS) is 22.5. The Morgan fingerprint density at radius 3 is 2.84 bits per heavy atom. The van der Waals surface area contributed by atoms with Crippen LogP contribution in [0.1, 0.15) is 30.1 Å². The van der Waals surface area contributed by atoms with Crippen molar-refractivity contribution >= 4 is 28.0 Å². The molecule has 2 fully saturated rings. The lowest BCUT2D eigenvalue weighted by molar-refractivity contribution is 0.0700. The van der Waals surface area contributed by atoms with E-state index in [9.17, 15) is 4.79 Å². The summed E-state index contributed by atoms with van der Waals surface area (Å²) in [4.78, 5) is 24.3. The minimum Gasteiger partial charge on any atom is -0.334 e. The fourth-order valence-electron chi connectivity index (χ4n) is 5.69. The second-order valence-corrected chi connectivity index (χ2v) is 8.95. The molecule has 1 aromatic carbocycles. The summed E-state index contributed by atoms with van der Waals surface area (Å²) < 4.78 is 19.1. The highest BCUT2D eigenvalue weighted by Crippen LogP contribution is 2.38. The number of aromatic nitrogens is 4. The van der Waals surface area contributed by atoms with E-state index in [-0.39, 0.29) is 18.0 Å². The summed E-state index contributed by atoms with van der Waals surface area (Å²) in [7, 11) is 1.80. The highest BCUT2D eigenvalue weighted by Gasteiger charge is 2.46. The van der Waals surface area contributed by atoms with Crippen molar-refractivity contribution in [1.82, 2.24) is 24.0 Å². The number of piperidine rings is 1. The Balaban J connectivity index is 1.46. The van der Waals surface area contributed by atoms with Gasteiger partial charge in [0.1, 0.15) is 17.0 Å². The van der Waals surface area contributed by atoms with E-state index in [1.54, 1.807) is 23.9 Å². The average Bonchev–Trinajstić information content (AvgIpc) is 3.52. The van der Waals surface area contributed by atoms with E-state index in [1.165, 1.54) is 6.07 Å². The molecular weight excluding hydrogens is 407 g/mol. The Hall–Kier alpha value is -3.26. The molecule has 0 spiro atoms. The van der Waals surface area contributed by atoms with Crippen LogP contribution in [-0.2, 0) is 13.6 Å². The summed E-state index contributed by atoms with van der Waals surface area (Å²) in [6.07, 6.45) is 3.75. The smallest absolute Gasteiger partial charge is 0.254 e. The summed E-state index contributed by atoms with van der Waals surface area (Å²) >= 11 is 0. The first-order valence-corrected chi connectivity index (χ1v) is 11.1. The Morgan fingerprint density at radius 2 is 2.12 bits per heavy atom. The molecule has 3 unspecified atom stereocenters. The number of pyridine rings is 1. The molecule has 6 rings (SSSR count). The molecule has 4 heterocycles. The van der Waals surface area contributed by atoms with Crippen molar-refractivity contribution in [2.75, 3.05) is 6.54 Å². The molecule has 1 aliphatic carbocycles. The molecule has 1 saturated carbocycles. The zero-order valence-electron chi connectivity index (χ0n) is 18.1. The first kappa shape index (κ1) is 19.4. The van der Waals surface area contributed by atoms with Crippen LogP contribution in [0.3, 0.4) is 0 Å². The molecule has 3 aromatic heterocycles. The van der Waals surface area contributed by atoms with Crippen LogP contribution >= 0.6 is 0 Å². The van der Waals surface area contributed by atoms with Gasteiger partial charge < -0.3 is 19.8 Å². The van der Waals surface area contributed by atoms with Gasteiger partial charge in [0.05, 0.1) is 11.2 Å². The van der Waals surface area contributed by atoms with E-state index in [4.69, 9.17) is 10.7 Å². The molecule has 32 heavy (non-hydrogen) atoms. The maximum absolute atomic E-state index is 15.3. The number of likely N-dealkylation sites (tertiary alicyclic amines) is 1. The maximum atomic E-state index is 15.3. The van der Waals surface area contributed by atoms with E-state index in [0.29, 0.717) is 41.4 Å². The number of nitrogens with two attached hydrogens (primary N) is 1. The SMILES string of the molecule is CCn1c(-c2nc3cc(C(=O)N4CC5CCC4C5N)cc(F)c3n2C)cc2cccnc21. The Morgan fingerprint density at radius 1 is 1.28 bits per heavy atom. The van der Waals surface area contributed by atoms with Crippen LogP contribution in [0.25, 0.3) is 33.6 Å². The zero-order chi connectivity index (χ0) is 22.1. The maximum Gasteiger partial charge on any atom is 0.254 e. The number of imidazole rings is 1. The lowest BCUT2D eigenvalue weighted by Gasteiger charge is -2.27. The number of nitrogens with zero attached hydrogens (tertiary/aromatic N) is 5. The monoisotopic (exact) mass is 432 g/mol. The average molecular weight is 433 g/mol. The number of fused-ring (bicyclic) bond motifs is 4. The molecule has 0 radical (unpaired) electrons. The van der Waals surface area contributed by atoms with Gasteiger partial charge in [-0.25, -0.2) is 14.4 Å². The Labute approximate surface area is 184 Å². The van der Waals surface area contributed by atoms with E-state index in [2.05, 4.69) is 9.55 Å². The number of carbonyl (C=O) groups is 1. The summed E-state index contributed by atoms with van der Waals surface area (Å²) in [6, 6.07) is 9.06. The van der Waals surface area contributed by atoms with Crippen LogP contribution < -0.4 is 5.73 Å². The first-order valence-electron chi connectivity index (χ1n) is 11.1. The number of halogens is 1. The predicted molar refractivity (Wildman–Crippen MR) is 121 cm³/mol. The van der Waals surface area contributed by atoms with Crippen molar-refractivity contribution in [2.24, 2.45) is 18.7 Å². The quantitative estimate of drug-likeness (QED) is 0.539. The van der Waals surface area contributed by atoms with Gasteiger partial charge in [-0.05, 0) is 56.0 Å². The number of hydrogen-bond acceptors (Lipinski definition) is 4. The van der Waals surface area contributed by atoms with E-state index in [1.807, 2.05) is 30.0 Å². The largest absolute Gasteiger partial charge is 0.334 e. The molecule has 1 saturated heterocycles. The van der Waals surface area contributed by atoms with Crippen molar-refractivity contribution in [1.29, 1.82) is 0 Å². The number of hydrogen-bond donors (Lipinski definition) is 1. The fraction of sp³-hybridized carbons (Fsp3) is 0.375. The van der Waals surface area contributed by atoms with Crippen LogP contribution in [0.2, 0.25) is 0 Å². The van der Waals surface area contributed by atoms with E-state index >= 15 is 4.39 Å². The molecule has 7 nitrogen and oxygen atoms in total. The lowest BCUT2D eigenvalue weighted by atomic mass is 10.1. The highest BCUT2D eigenvalue weighted by molar-refractivity contribution is 5.98. The van der Waals surface area contributed by atoms with E-state index < -0.39 is 5.82 Å². The standard InChI is InChI=1S/C24H25FN6O/c1-3-30-19(11-13-5-4-8-27-22(13)30)23-28-17-10-15(9-16(25)21(17)29(23)2)24(32)31-12-14-6-7-18(31)20(14)26/h4-5,8-11,14,18,20H,3,6-7,12,26H2,1-2H3. The van der Waals surface area contributed by atoms with Gasteiger partial charge in [0.25, 0.3) is 5.91 Å². The molecule has 164 valence electrons. The molecule has 4 aromatic rings. The van der Waals surface area contributed by atoms with Gasteiger partial charge in [-0.3, -0.25) is 4.79 Å². The number of carbonyl (C=O) groups excluding carboxylic acids is 1. The highest BCUT2D eigenvalue weighted by atomic mass is 19.1. The van der Waals surface area contributed by atoms with Gasteiger partial charge in [0, 0.05) is 49.4 Å². The summed E-state index contributed by atoms with van der Waals surface area (Å²) in [5.74, 6) is 0.389. The predicted octanol–water partition coefficient (Wildman–Crippen LogP) is 3.31. The van der Waals surface area contributed by atoms with E-state index in [0.717, 1.165) is 29.6 Å². The molecule has 8 heteroatoms. The molecule has 1 amide bonds. The van der Waals surface area contributed by atoms with Gasteiger partial charge in [-0.15, -0.1) is 0 Å². The third-order valence-electron chi connectivity index (χ3n) is 7.28. The van der Waals surface area contributed by atoms with Crippen LogP contribution in [0, 0.1) is 11.7 Å². The molecule has 2 aliphatic rings. The molecule has 2 N–H and O–H groups in total. The van der Waals surface area contributed by atoms with Crippen LogP contribution in [0.4, 0.5) is 4.39 Å².